The Morgan fingerprint density at radius 2 is 1.76 bits per heavy atom. The zero-order valence-corrected chi connectivity index (χ0v) is 18.9. The lowest BCUT2D eigenvalue weighted by Crippen LogP contribution is -2.58. The van der Waals surface area contributed by atoms with Gasteiger partial charge >= 0.3 is 0 Å². The first-order valence-corrected chi connectivity index (χ1v) is 11.9. The second-order valence-corrected chi connectivity index (χ2v) is 9.72. The molecule has 3 saturated heterocycles. The zero-order valence-electron chi connectivity index (χ0n) is 18.9. The molecule has 5 rings (SSSR count). The van der Waals surface area contributed by atoms with E-state index in [-0.39, 0.29) is 36.8 Å². The Bertz CT molecular complexity index is 1070. The van der Waals surface area contributed by atoms with Gasteiger partial charge in [-0.3, -0.25) is 39.1 Å². The molecular weight excluding hydrogens is 438 g/mol. The predicted octanol–water partition coefficient (Wildman–Crippen LogP) is -0.0943. The number of fused-ring (bicyclic) bond motifs is 1. The molecule has 4 atom stereocenters. The van der Waals surface area contributed by atoms with E-state index in [9.17, 15) is 24.0 Å². The third-order valence-electron chi connectivity index (χ3n) is 7.49. The number of nitrogens with two attached hydrogens (primary N) is 1. The number of benzene rings is 1. The minimum Gasteiger partial charge on any atom is -0.351 e. The summed E-state index contributed by atoms with van der Waals surface area (Å²) in [6, 6.07) is 4.11. The maximum absolute atomic E-state index is 13.3. The smallest absolute Gasteiger partial charge is 0.262 e. The van der Waals surface area contributed by atoms with Gasteiger partial charge in [-0.25, -0.2) is 0 Å². The Kier molecular flexibility index (Phi) is 5.95. The monoisotopic (exact) mass is 467 g/mol. The number of amides is 5. The molecule has 3 fully saturated rings. The van der Waals surface area contributed by atoms with E-state index >= 15 is 0 Å². The van der Waals surface area contributed by atoms with Crippen LogP contribution < -0.4 is 16.4 Å². The molecule has 0 spiro atoms. The van der Waals surface area contributed by atoms with Gasteiger partial charge < -0.3 is 11.1 Å². The van der Waals surface area contributed by atoms with Crippen LogP contribution in [0.15, 0.2) is 18.2 Å². The van der Waals surface area contributed by atoms with Crippen molar-refractivity contribution in [1.29, 1.82) is 0 Å². The molecule has 34 heavy (non-hydrogen) atoms. The van der Waals surface area contributed by atoms with Crippen molar-refractivity contribution >= 4 is 29.5 Å². The average Bonchev–Trinajstić information content (AvgIpc) is 3.07. The van der Waals surface area contributed by atoms with Crippen molar-refractivity contribution in [1.82, 2.24) is 20.4 Å². The van der Waals surface area contributed by atoms with Crippen molar-refractivity contribution in [3.05, 3.63) is 34.9 Å². The summed E-state index contributed by atoms with van der Waals surface area (Å²) < 4.78 is 0. The third kappa shape index (κ3) is 4.01. The average molecular weight is 468 g/mol. The summed E-state index contributed by atoms with van der Waals surface area (Å²) in [6.45, 7) is 2.06. The van der Waals surface area contributed by atoms with Gasteiger partial charge in [-0.2, -0.15) is 0 Å². The molecule has 0 aliphatic carbocycles. The number of likely N-dealkylation sites (tertiary alicyclic amines) is 1. The Balaban J connectivity index is 1.34. The molecule has 4 aliphatic rings. The molecule has 0 saturated carbocycles. The summed E-state index contributed by atoms with van der Waals surface area (Å²) in [5, 5.41) is 5.29. The lowest BCUT2D eigenvalue weighted by Gasteiger charge is -2.41. The normalized spacial score (nSPS) is 30.3. The van der Waals surface area contributed by atoms with Crippen molar-refractivity contribution < 1.29 is 24.0 Å². The number of imide groups is 2. The molecule has 4 heterocycles. The van der Waals surface area contributed by atoms with E-state index in [0.29, 0.717) is 30.5 Å². The Hall–Kier alpha value is -3.11. The number of carbonyl (C=O) groups is 5. The summed E-state index contributed by atoms with van der Waals surface area (Å²) in [5.41, 5.74) is 7.68. The Labute approximate surface area is 197 Å². The number of carbonyl (C=O) groups excluding carboxylic acids is 5. The zero-order chi connectivity index (χ0) is 24.0. The van der Waals surface area contributed by atoms with Crippen LogP contribution in [0, 0.1) is 5.92 Å². The maximum atomic E-state index is 13.3. The van der Waals surface area contributed by atoms with E-state index in [1.54, 1.807) is 12.1 Å². The minimum absolute atomic E-state index is 0.0438. The molecule has 4 aliphatic heterocycles. The van der Waals surface area contributed by atoms with Crippen molar-refractivity contribution in [3.63, 3.8) is 0 Å². The number of hydrogen-bond acceptors (Lipinski definition) is 7. The van der Waals surface area contributed by atoms with Gasteiger partial charge in [0.1, 0.15) is 6.04 Å². The standard InChI is InChI=1S/C24H29N5O5/c25-16-6-8-18(30)26-21(16)14-4-2-10-28(12-14)11-13-3-1-5-15-20(13)24(34)29(23(15)33)17-7-9-19(31)27-22(17)32/h1,3,5,14,16-17,21H,2,4,6-12,25H2,(H,26,30)(H,27,31,32). The summed E-state index contributed by atoms with van der Waals surface area (Å²) in [4.78, 5) is 65.5. The van der Waals surface area contributed by atoms with Crippen LogP contribution in [0.3, 0.4) is 0 Å². The first-order chi connectivity index (χ1) is 16.3. The number of piperidine rings is 3. The van der Waals surface area contributed by atoms with E-state index in [1.165, 1.54) is 0 Å². The number of rotatable bonds is 4. The minimum atomic E-state index is -0.978. The molecule has 0 radical (unpaired) electrons. The van der Waals surface area contributed by atoms with E-state index in [4.69, 9.17) is 5.73 Å². The van der Waals surface area contributed by atoms with Gasteiger partial charge in [-0.05, 0) is 49.8 Å². The summed E-state index contributed by atoms with van der Waals surface area (Å²) in [6.07, 6.45) is 3.30. The van der Waals surface area contributed by atoms with Gasteiger partial charge in [0.2, 0.25) is 17.7 Å². The molecule has 5 amide bonds. The molecule has 10 heteroatoms. The largest absolute Gasteiger partial charge is 0.351 e. The first-order valence-electron chi connectivity index (χ1n) is 11.9. The van der Waals surface area contributed by atoms with Crippen molar-refractivity contribution in [2.75, 3.05) is 13.1 Å². The molecule has 4 N–H and O–H groups in total. The fourth-order valence-electron chi connectivity index (χ4n) is 5.80. The lowest BCUT2D eigenvalue weighted by molar-refractivity contribution is -0.136. The second-order valence-electron chi connectivity index (χ2n) is 9.72. The SMILES string of the molecule is NC1CCC(=O)NC1C1CCCN(Cc2cccc3c2C(=O)N(C2CCC(=O)NC2=O)C3=O)C1. The van der Waals surface area contributed by atoms with Crippen LogP contribution >= 0.6 is 0 Å². The lowest BCUT2D eigenvalue weighted by atomic mass is 9.83. The van der Waals surface area contributed by atoms with Gasteiger partial charge in [-0.15, -0.1) is 0 Å². The highest BCUT2D eigenvalue weighted by atomic mass is 16.2. The molecular formula is C24H29N5O5. The summed E-state index contributed by atoms with van der Waals surface area (Å²) in [7, 11) is 0. The highest BCUT2D eigenvalue weighted by molar-refractivity contribution is 6.24. The van der Waals surface area contributed by atoms with Gasteiger partial charge in [0.25, 0.3) is 11.8 Å². The van der Waals surface area contributed by atoms with Gasteiger partial charge in [0, 0.05) is 38.0 Å². The van der Waals surface area contributed by atoms with Gasteiger partial charge in [0.15, 0.2) is 0 Å². The van der Waals surface area contributed by atoms with Crippen LogP contribution in [0.2, 0.25) is 0 Å². The molecule has 1 aromatic carbocycles. The van der Waals surface area contributed by atoms with E-state index in [1.807, 2.05) is 6.07 Å². The molecule has 0 aromatic heterocycles. The van der Waals surface area contributed by atoms with E-state index in [2.05, 4.69) is 15.5 Å². The Morgan fingerprint density at radius 3 is 2.56 bits per heavy atom. The van der Waals surface area contributed by atoms with Gasteiger partial charge in [-0.1, -0.05) is 12.1 Å². The van der Waals surface area contributed by atoms with Crippen molar-refractivity contribution in [2.45, 2.75) is 63.2 Å². The highest BCUT2D eigenvalue weighted by Gasteiger charge is 2.45. The van der Waals surface area contributed by atoms with Gasteiger partial charge in [0.05, 0.1) is 11.1 Å². The molecule has 1 aromatic rings. The van der Waals surface area contributed by atoms with Crippen LogP contribution in [0.4, 0.5) is 0 Å². The third-order valence-corrected chi connectivity index (χ3v) is 7.49. The topological polar surface area (TPSA) is 142 Å². The van der Waals surface area contributed by atoms with E-state index in [0.717, 1.165) is 36.4 Å². The molecule has 4 unspecified atom stereocenters. The highest BCUT2D eigenvalue weighted by Crippen LogP contribution is 2.32. The van der Waals surface area contributed by atoms with Crippen LogP contribution in [-0.2, 0) is 20.9 Å². The number of nitrogens with zero attached hydrogens (tertiary/aromatic N) is 2. The number of hydrogen-bond donors (Lipinski definition) is 3. The quantitative estimate of drug-likeness (QED) is 0.525. The van der Waals surface area contributed by atoms with Crippen LogP contribution in [-0.4, -0.2) is 70.6 Å². The van der Waals surface area contributed by atoms with Crippen LogP contribution in [0.5, 0.6) is 0 Å². The Morgan fingerprint density at radius 1 is 0.971 bits per heavy atom. The second kappa shape index (κ2) is 8.92. The summed E-state index contributed by atoms with van der Waals surface area (Å²) >= 11 is 0. The fraction of sp³-hybridized carbons (Fsp3) is 0.542. The van der Waals surface area contributed by atoms with E-state index < -0.39 is 29.7 Å². The van der Waals surface area contributed by atoms with Crippen LogP contribution in [0.25, 0.3) is 0 Å². The van der Waals surface area contributed by atoms with Crippen LogP contribution in [0.1, 0.15) is 64.8 Å². The first kappa shape index (κ1) is 22.7. The predicted molar refractivity (Wildman–Crippen MR) is 120 cm³/mol. The number of nitrogens with one attached hydrogen (secondary N) is 2. The molecule has 10 nitrogen and oxygen atoms in total. The molecule has 180 valence electrons. The fourth-order valence-corrected chi connectivity index (χ4v) is 5.80. The summed E-state index contributed by atoms with van der Waals surface area (Å²) in [5.74, 6) is -1.72. The van der Waals surface area contributed by atoms with Crippen molar-refractivity contribution in [3.8, 4) is 0 Å². The maximum Gasteiger partial charge on any atom is 0.262 e. The van der Waals surface area contributed by atoms with Crippen molar-refractivity contribution in [2.24, 2.45) is 11.7 Å². The molecule has 0 bridgehead atoms.